The van der Waals surface area contributed by atoms with Crippen LogP contribution in [-0.2, 0) is 19.1 Å². The van der Waals surface area contributed by atoms with Crippen molar-refractivity contribution < 1.29 is 19.1 Å². The van der Waals surface area contributed by atoms with Crippen LogP contribution in [-0.4, -0.2) is 29.6 Å². The smallest absolute Gasteiger partial charge is 0.325 e. The monoisotopic (exact) mass is 251 g/mol. The lowest BCUT2D eigenvalue weighted by Gasteiger charge is -2.22. The number of rotatable bonds is 3. The summed E-state index contributed by atoms with van der Waals surface area (Å²) in [5, 5.41) is 0. The summed E-state index contributed by atoms with van der Waals surface area (Å²) < 4.78 is 9.84. The molecule has 1 unspecified atom stereocenters. The predicted molar refractivity (Wildman–Crippen MR) is 64.8 cm³/mol. The Balaban J connectivity index is 3.00. The second-order valence-corrected chi connectivity index (χ2v) is 4.78. The molecular weight excluding hydrogens is 234 g/mol. The summed E-state index contributed by atoms with van der Waals surface area (Å²) in [6, 6.07) is 3.29. The second-order valence-electron chi connectivity index (χ2n) is 4.78. The summed E-state index contributed by atoms with van der Waals surface area (Å²) in [6.07, 6.45) is 3.01. The molecule has 0 saturated heterocycles. The summed E-state index contributed by atoms with van der Waals surface area (Å²) in [4.78, 5) is 27.6. The lowest BCUT2D eigenvalue weighted by atomic mass is 10.0. The summed E-state index contributed by atoms with van der Waals surface area (Å²) in [5.41, 5.74) is -0.204. The Labute approximate surface area is 106 Å². The molecule has 0 bridgehead atoms. The van der Waals surface area contributed by atoms with E-state index >= 15 is 0 Å². The summed E-state index contributed by atoms with van der Waals surface area (Å²) in [5.74, 6) is -2.39. The molecule has 0 aliphatic carbocycles. The van der Waals surface area contributed by atoms with Gasteiger partial charge in [0.15, 0.2) is 5.92 Å². The van der Waals surface area contributed by atoms with Crippen molar-refractivity contribution in [1.82, 2.24) is 4.98 Å². The van der Waals surface area contributed by atoms with Crippen LogP contribution in [0.2, 0.25) is 0 Å². The Morgan fingerprint density at radius 3 is 2.39 bits per heavy atom. The molecule has 1 aromatic heterocycles. The number of hydrogen-bond acceptors (Lipinski definition) is 5. The quantitative estimate of drug-likeness (QED) is 0.604. The van der Waals surface area contributed by atoms with Gasteiger partial charge in [-0.05, 0) is 32.4 Å². The molecule has 98 valence electrons. The third-order valence-corrected chi connectivity index (χ3v) is 2.10. The number of methoxy groups -OCH3 is 1. The zero-order chi connectivity index (χ0) is 13.8. The molecule has 0 aromatic carbocycles. The van der Waals surface area contributed by atoms with Gasteiger partial charge in [0.2, 0.25) is 0 Å². The summed E-state index contributed by atoms with van der Waals surface area (Å²) in [6.45, 7) is 5.22. The highest BCUT2D eigenvalue weighted by molar-refractivity contribution is 6.00. The lowest BCUT2D eigenvalue weighted by molar-refractivity contribution is -0.163. The topological polar surface area (TPSA) is 65.5 Å². The molecular formula is C13H17NO4. The fourth-order valence-corrected chi connectivity index (χ4v) is 1.39. The van der Waals surface area contributed by atoms with E-state index in [0.29, 0.717) is 5.56 Å². The zero-order valence-corrected chi connectivity index (χ0v) is 11.0. The molecule has 18 heavy (non-hydrogen) atoms. The van der Waals surface area contributed by atoms with Crippen molar-refractivity contribution in [2.24, 2.45) is 0 Å². The van der Waals surface area contributed by atoms with Crippen LogP contribution in [0.5, 0.6) is 0 Å². The second kappa shape index (κ2) is 5.62. The highest BCUT2D eigenvalue weighted by Gasteiger charge is 2.33. The van der Waals surface area contributed by atoms with Gasteiger partial charge in [-0.25, -0.2) is 0 Å². The normalized spacial score (nSPS) is 12.7. The number of ether oxygens (including phenoxy) is 2. The van der Waals surface area contributed by atoms with Crippen molar-refractivity contribution in [1.29, 1.82) is 0 Å². The van der Waals surface area contributed by atoms with Gasteiger partial charge in [-0.2, -0.15) is 0 Å². The first-order valence-corrected chi connectivity index (χ1v) is 5.56. The summed E-state index contributed by atoms with van der Waals surface area (Å²) >= 11 is 0. The third kappa shape index (κ3) is 3.84. The average molecular weight is 251 g/mol. The van der Waals surface area contributed by atoms with Crippen LogP contribution in [0.25, 0.3) is 0 Å². The Hall–Kier alpha value is -1.91. The molecule has 0 fully saturated rings. The SMILES string of the molecule is COC(=O)C(C(=O)OC(C)(C)C)c1cccnc1. The molecule has 1 aromatic rings. The van der Waals surface area contributed by atoms with Gasteiger partial charge in [0.1, 0.15) is 5.60 Å². The van der Waals surface area contributed by atoms with Gasteiger partial charge in [0.25, 0.3) is 0 Å². The maximum absolute atomic E-state index is 12.0. The van der Waals surface area contributed by atoms with Crippen molar-refractivity contribution >= 4 is 11.9 Å². The largest absolute Gasteiger partial charge is 0.468 e. The van der Waals surface area contributed by atoms with Gasteiger partial charge < -0.3 is 9.47 Å². The van der Waals surface area contributed by atoms with Crippen molar-refractivity contribution in [2.75, 3.05) is 7.11 Å². The minimum Gasteiger partial charge on any atom is -0.468 e. The maximum Gasteiger partial charge on any atom is 0.325 e. The fourth-order valence-electron chi connectivity index (χ4n) is 1.39. The van der Waals surface area contributed by atoms with Gasteiger partial charge in [-0.3, -0.25) is 14.6 Å². The van der Waals surface area contributed by atoms with Crippen molar-refractivity contribution in [3.8, 4) is 0 Å². The minimum absolute atomic E-state index is 0.457. The van der Waals surface area contributed by atoms with Crippen molar-refractivity contribution in [2.45, 2.75) is 32.3 Å². The molecule has 0 amide bonds. The van der Waals surface area contributed by atoms with Crippen LogP contribution in [0.1, 0.15) is 32.3 Å². The first-order chi connectivity index (χ1) is 8.35. The van der Waals surface area contributed by atoms with Gasteiger partial charge in [-0.15, -0.1) is 0 Å². The Kier molecular flexibility index (Phi) is 4.42. The van der Waals surface area contributed by atoms with E-state index in [4.69, 9.17) is 4.74 Å². The molecule has 0 radical (unpaired) electrons. The highest BCUT2D eigenvalue weighted by Crippen LogP contribution is 2.21. The molecule has 1 atom stereocenters. The number of pyridine rings is 1. The van der Waals surface area contributed by atoms with Crippen LogP contribution in [0.3, 0.4) is 0 Å². The van der Waals surface area contributed by atoms with Gasteiger partial charge >= 0.3 is 11.9 Å². The molecule has 5 nitrogen and oxygen atoms in total. The van der Waals surface area contributed by atoms with Crippen LogP contribution in [0, 0.1) is 0 Å². The fraction of sp³-hybridized carbons (Fsp3) is 0.462. The third-order valence-electron chi connectivity index (χ3n) is 2.10. The molecule has 1 heterocycles. The molecule has 0 saturated carbocycles. The number of nitrogens with zero attached hydrogens (tertiary/aromatic N) is 1. The van der Waals surface area contributed by atoms with Gasteiger partial charge in [0.05, 0.1) is 7.11 Å². The number of esters is 2. The molecule has 0 aliphatic rings. The average Bonchev–Trinajstić information content (AvgIpc) is 2.28. The zero-order valence-electron chi connectivity index (χ0n) is 11.0. The first-order valence-electron chi connectivity index (χ1n) is 5.56. The van der Waals surface area contributed by atoms with E-state index in [2.05, 4.69) is 9.72 Å². The van der Waals surface area contributed by atoms with E-state index in [0.717, 1.165) is 0 Å². The van der Waals surface area contributed by atoms with E-state index in [1.54, 1.807) is 39.1 Å². The van der Waals surface area contributed by atoms with Gasteiger partial charge in [0, 0.05) is 12.4 Å². The molecule has 5 heteroatoms. The first kappa shape index (κ1) is 14.2. The molecule has 0 N–H and O–H groups in total. The highest BCUT2D eigenvalue weighted by atomic mass is 16.6. The van der Waals surface area contributed by atoms with E-state index < -0.39 is 23.5 Å². The Morgan fingerprint density at radius 2 is 1.94 bits per heavy atom. The van der Waals surface area contributed by atoms with E-state index in [-0.39, 0.29) is 0 Å². The predicted octanol–water partition coefficient (Wildman–Crippen LogP) is 1.68. The van der Waals surface area contributed by atoms with E-state index in [9.17, 15) is 9.59 Å². The van der Waals surface area contributed by atoms with Gasteiger partial charge in [-0.1, -0.05) is 6.07 Å². The van der Waals surface area contributed by atoms with Crippen LogP contribution in [0.4, 0.5) is 0 Å². The minimum atomic E-state index is -1.09. The van der Waals surface area contributed by atoms with Crippen molar-refractivity contribution in [3.05, 3.63) is 30.1 Å². The maximum atomic E-state index is 12.0. The molecule has 0 aliphatic heterocycles. The molecule has 1 rings (SSSR count). The number of carbonyl (C=O) groups excluding carboxylic acids is 2. The van der Waals surface area contributed by atoms with Crippen LogP contribution in [0.15, 0.2) is 24.5 Å². The van der Waals surface area contributed by atoms with Crippen LogP contribution < -0.4 is 0 Å². The van der Waals surface area contributed by atoms with E-state index in [1.807, 2.05) is 0 Å². The number of aromatic nitrogens is 1. The Bertz CT molecular complexity index is 422. The lowest BCUT2D eigenvalue weighted by Crippen LogP contribution is -2.32. The van der Waals surface area contributed by atoms with Crippen molar-refractivity contribution in [3.63, 3.8) is 0 Å². The molecule has 0 spiro atoms. The number of hydrogen-bond donors (Lipinski definition) is 0. The van der Waals surface area contributed by atoms with Crippen LogP contribution >= 0.6 is 0 Å². The standard InChI is InChI=1S/C13H17NO4/c1-13(2,3)18-12(16)10(11(15)17-4)9-6-5-7-14-8-9/h5-8,10H,1-4H3. The Morgan fingerprint density at radius 1 is 1.28 bits per heavy atom. The van der Waals surface area contributed by atoms with E-state index in [1.165, 1.54) is 13.3 Å². The number of carbonyl (C=O) groups is 2. The summed E-state index contributed by atoms with van der Waals surface area (Å²) in [7, 11) is 1.23.